The second-order valence-corrected chi connectivity index (χ2v) is 6.35. The summed E-state index contributed by atoms with van der Waals surface area (Å²) in [4.78, 5) is 23.6. The van der Waals surface area contributed by atoms with Crippen LogP contribution >= 0.6 is 0 Å². The van der Waals surface area contributed by atoms with Crippen LogP contribution in [0.15, 0.2) is 18.2 Å². The van der Waals surface area contributed by atoms with Crippen LogP contribution in [0.1, 0.15) is 42.9 Å². The Balaban J connectivity index is 1.54. The maximum atomic E-state index is 12.3. The number of carbonyl (C=O) groups is 2. The second kappa shape index (κ2) is 7.67. The minimum absolute atomic E-state index is 0.0664. The first-order valence-electron chi connectivity index (χ1n) is 8.42. The number of ether oxygens (including phenoxy) is 1. The summed E-state index contributed by atoms with van der Waals surface area (Å²) < 4.78 is 29.0. The van der Waals surface area contributed by atoms with Crippen LogP contribution in [0.2, 0.25) is 0 Å². The number of hydrogen-bond donors (Lipinski definition) is 3. The number of benzene rings is 1. The van der Waals surface area contributed by atoms with E-state index in [0.29, 0.717) is 0 Å². The van der Waals surface area contributed by atoms with E-state index >= 15 is 0 Å². The van der Waals surface area contributed by atoms with Crippen molar-refractivity contribution in [1.82, 2.24) is 16.0 Å². The van der Waals surface area contributed by atoms with E-state index in [4.69, 9.17) is 0 Å². The number of rotatable bonds is 6. The summed E-state index contributed by atoms with van der Waals surface area (Å²) in [6.45, 7) is -2.92. The minimum Gasteiger partial charge on any atom is -0.435 e. The lowest BCUT2D eigenvalue weighted by Crippen LogP contribution is -2.44. The Labute approximate surface area is 144 Å². The van der Waals surface area contributed by atoms with Gasteiger partial charge in [-0.05, 0) is 55.4 Å². The molecule has 2 aliphatic carbocycles. The van der Waals surface area contributed by atoms with Crippen LogP contribution in [-0.2, 0) is 11.2 Å². The van der Waals surface area contributed by atoms with Crippen LogP contribution in [-0.4, -0.2) is 31.1 Å². The van der Waals surface area contributed by atoms with E-state index < -0.39 is 12.6 Å². The van der Waals surface area contributed by atoms with Gasteiger partial charge in [0.2, 0.25) is 5.91 Å². The number of nitrogens with one attached hydrogen (secondary N) is 3. The average molecular weight is 353 g/mol. The summed E-state index contributed by atoms with van der Waals surface area (Å²) >= 11 is 0. The van der Waals surface area contributed by atoms with Gasteiger partial charge in [-0.15, -0.1) is 0 Å². The molecular weight excluding hydrogens is 332 g/mol. The van der Waals surface area contributed by atoms with Crippen LogP contribution in [0.3, 0.4) is 0 Å². The molecular formula is C17H21F2N3O3. The molecule has 0 aliphatic heterocycles. The molecule has 3 rings (SSSR count). The molecule has 1 fully saturated rings. The Morgan fingerprint density at radius 2 is 2.00 bits per heavy atom. The normalized spacial score (nSPS) is 19.1. The van der Waals surface area contributed by atoms with E-state index in [9.17, 15) is 18.4 Å². The van der Waals surface area contributed by atoms with Gasteiger partial charge in [-0.2, -0.15) is 8.78 Å². The third-order valence-electron chi connectivity index (χ3n) is 4.31. The molecule has 3 N–H and O–H groups in total. The largest absolute Gasteiger partial charge is 0.435 e. The molecule has 0 bridgehead atoms. The molecule has 1 aromatic rings. The van der Waals surface area contributed by atoms with Gasteiger partial charge in [0, 0.05) is 6.04 Å². The van der Waals surface area contributed by atoms with Crippen LogP contribution in [0.5, 0.6) is 5.75 Å². The first-order chi connectivity index (χ1) is 12.0. The van der Waals surface area contributed by atoms with E-state index in [1.807, 2.05) is 0 Å². The van der Waals surface area contributed by atoms with Gasteiger partial charge in [-0.3, -0.25) is 4.79 Å². The third-order valence-corrected chi connectivity index (χ3v) is 4.31. The molecule has 0 saturated heterocycles. The zero-order valence-electron chi connectivity index (χ0n) is 13.7. The molecule has 3 amide bonds. The number of alkyl halides is 2. The number of halogens is 2. The Morgan fingerprint density at radius 3 is 2.72 bits per heavy atom. The van der Waals surface area contributed by atoms with E-state index in [1.165, 1.54) is 6.07 Å². The van der Waals surface area contributed by atoms with Crippen molar-refractivity contribution in [3.8, 4) is 5.75 Å². The van der Waals surface area contributed by atoms with Crippen LogP contribution in [0, 0.1) is 0 Å². The molecule has 0 aromatic heterocycles. The van der Waals surface area contributed by atoms with Crippen LogP contribution in [0.25, 0.3) is 0 Å². The van der Waals surface area contributed by atoms with Gasteiger partial charge in [-0.25, -0.2) is 4.79 Å². The first kappa shape index (κ1) is 17.4. The molecule has 8 heteroatoms. The van der Waals surface area contributed by atoms with Crippen molar-refractivity contribution < 1.29 is 23.1 Å². The third kappa shape index (κ3) is 5.04. The van der Waals surface area contributed by atoms with Gasteiger partial charge >= 0.3 is 12.6 Å². The fraction of sp³-hybridized carbons (Fsp3) is 0.529. The molecule has 2 aliphatic rings. The smallest absolute Gasteiger partial charge is 0.387 e. The SMILES string of the molecule is O=C(CNC(=O)NC1CCCc2cc(OC(F)F)ccc21)NC1CC1. The molecule has 25 heavy (non-hydrogen) atoms. The van der Waals surface area contributed by atoms with Crippen LogP contribution in [0.4, 0.5) is 13.6 Å². The van der Waals surface area contributed by atoms with Gasteiger partial charge in [0.15, 0.2) is 0 Å². The van der Waals surface area contributed by atoms with E-state index in [1.54, 1.807) is 12.1 Å². The summed E-state index contributed by atoms with van der Waals surface area (Å²) in [5.74, 6) is -0.0777. The highest BCUT2D eigenvalue weighted by molar-refractivity contribution is 5.84. The Hall–Kier alpha value is -2.38. The molecule has 6 nitrogen and oxygen atoms in total. The summed E-state index contributed by atoms with van der Waals surface area (Å²) in [6, 6.07) is 4.40. The van der Waals surface area contributed by atoms with Crippen molar-refractivity contribution in [3.63, 3.8) is 0 Å². The average Bonchev–Trinajstić information content (AvgIpc) is 3.36. The zero-order chi connectivity index (χ0) is 17.8. The predicted molar refractivity (Wildman–Crippen MR) is 86.5 cm³/mol. The molecule has 1 atom stereocenters. The summed E-state index contributed by atoms with van der Waals surface area (Å²) in [6.07, 6.45) is 4.32. The maximum Gasteiger partial charge on any atom is 0.387 e. The van der Waals surface area contributed by atoms with Crippen molar-refractivity contribution in [1.29, 1.82) is 0 Å². The van der Waals surface area contributed by atoms with Crippen molar-refractivity contribution in [2.75, 3.05) is 6.54 Å². The highest BCUT2D eigenvalue weighted by Crippen LogP contribution is 2.32. The van der Waals surface area contributed by atoms with E-state index in [0.717, 1.165) is 43.2 Å². The van der Waals surface area contributed by atoms with Gasteiger partial charge in [0.1, 0.15) is 5.75 Å². The number of urea groups is 1. The molecule has 0 heterocycles. The van der Waals surface area contributed by atoms with Gasteiger partial charge in [0.05, 0.1) is 12.6 Å². The van der Waals surface area contributed by atoms with Crippen molar-refractivity contribution in [2.45, 2.75) is 50.8 Å². The van der Waals surface area contributed by atoms with Crippen molar-refractivity contribution in [2.24, 2.45) is 0 Å². The number of carbonyl (C=O) groups excluding carboxylic acids is 2. The molecule has 0 radical (unpaired) electrons. The molecule has 1 aromatic carbocycles. The fourth-order valence-corrected chi connectivity index (χ4v) is 2.99. The van der Waals surface area contributed by atoms with E-state index in [-0.39, 0.29) is 30.3 Å². The highest BCUT2D eigenvalue weighted by atomic mass is 19.3. The quantitative estimate of drug-likeness (QED) is 0.734. The van der Waals surface area contributed by atoms with Gasteiger partial charge < -0.3 is 20.7 Å². The minimum atomic E-state index is -2.86. The van der Waals surface area contributed by atoms with Crippen LogP contribution < -0.4 is 20.7 Å². The Kier molecular flexibility index (Phi) is 5.35. The predicted octanol–water partition coefficient (Wildman–Crippen LogP) is 2.24. The summed E-state index contributed by atoms with van der Waals surface area (Å²) in [5, 5.41) is 8.18. The second-order valence-electron chi connectivity index (χ2n) is 6.35. The number of hydrogen-bond acceptors (Lipinski definition) is 3. The Bertz CT molecular complexity index is 650. The van der Waals surface area contributed by atoms with Crippen molar-refractivity contribution in [3.05, 3.63) is 29.3 Å². The number of aryl methyl sites for hydroxylation is 1. The number of amides is 3. The fourth-order valence-electron chi connectivity index (χ4n) is 2.99. The lowest BCUT2D eigenvalue weighted by Gasteiger charge is -2.27. The monoisotopic (exact) mass is 353 g/mol. The first-order valence-corrected chi connectivity index (χ1v) is 8.42. The van der Waals surface area contributed by atoms with Crippen molar-refractivity contribution >= 4 is 11.9 Å². The lowest BCUT2D eigenvalue weighted by molar-refractivity contribution is -0.120. The molecule has 0 spiro atoms. The summed E-state index contributed by atoms with van der Waals surface area (Å²) in [5.41, 5.74) is 1.78. The highest BCUT2D eigenvalue weighted by Gasteiger charge is 2.25. The number of fused-ring (bicyclic) bond motifs is 1. The standard InChI is InChI=1S/C17H21F2N3O3/c18-16(19)25-12-6-7-13-10(8-12)2-1-3-14(13)22-17(24)20-9-15(23)21-11-4-5-11/h6-8,11,14,16H,1-5,9H2,(H,21,23)(H2,20,22,24). The maximum absolute atomic E-state index is 12.3. The molecule has 1 unspecified atom stereocenters. The molecule has 136 valence electrons. The van der Waals surface area contributed by atoms with Gasteiger partial charge in [0.25, 0.3) is 0 Å². The topological polar surface area (TPSA) is 79.5 Å². The zero-order valence-corrected chi connectivity index (χ0v) is 13.7. The van der Waals surface area contributed by atoms with Gasteiger partial charge in [-0.1, -0.05) is 6.07 Å². The lowest BCUT2D eigenvalue weighted by atomic mass is 9.87. The summed E-state index contributed by atoms with van der Waals surface area (Å²) in [7, 11) is 0. The Morgan fingerprint density at radius 1 is 1.20 bits per heavy atom. The van der Waals surface area contributed by atoms with E-state index in [2.05, 4.69) is 20.7 Å². The molecule has 1 saturated carbocycles.